The van der Waals surface area contributed by atoms with Gasteiger partial charge in [-0.3, -0.25) is 9.52 Å². The number of pyridine rings is 1. The van der Waals surface area contributed by atoms with Crippen molar-refractivity contribution in [2.45, 2.75) is 20.3 Å². The summed E-state index contributed by atoms with van der Waals surface area (Å²) in [4.78, 5) is 12.3. The first-order valence-electron chi connectivity index (χ1n) is 7.67. The number of nitrogens with zero attached hydrogens (tertiary/aromatic N) is 2. The van der Waals surface area contributed by atoms with Crippen molar-refractivity contribution in [3.05, 3.63) is 62.8 Å². The first-order chi connectivity index (χ1) is 11.5. The van der Waals surface area contributed by atoms with Crippen LogP contribution in [0.1, 0.15) is 22.3 Å². The predicted octanol–water partition coefficient (Wildman–Crippen LogP) is 1.95. The monoisotopic (exact) mass is 367 g/mol. The number of rotatable bonds is 5. The molecule has 1 aromatic carbocycles. The topological polar surface area (TPSA) is 71.4 Å². The van der Waals surface area contributed by atoms with E-state index in [4.69, 9.17) is 0 Å². The fourth-order valence-electron chi connectivity index (χ4n) is 2.46. The molecule has 0 aliphatic carbocycles. The first kappa shape index (κ1) is 19.1. The van der Waals surface area contributed by atoms with Gasteiger partial charge in [-0.1, -0.05) is 12.1 Å². The van der Waals surface area contributed by atoms with E-state index in [1.165, 1.54) is 30.9 Å². The molecule has 0 saturated heterocycles. The molecule has 1 heterocycles. The minimum atomic E-state index is -3.76. The van der Waals surface area contributed by atoms with Crippen LogP contribution in [0.25, 0.3) is 0 Å². The molecule has 1 N–H and O–H groups in total. The molecule has 136 valence electrons. The number of hydrogen-bond donors (Lipinski definition) is 1. The average molecular weight is 367 g/mol. The zero-order valence-corrected chi connectivity index (χ0v) is 15.7. The van der Waals surface area contributed by atoms with Crippen LogP contribution in [0.2, 0.25) is 0 Å². The Bertz CT molecular complexity index is 966. The maximum atomic E-state index is 14.2. The van der Waals surface area contributed by atoms with Crippen LogP contribution in [0.3, 0.4) is 0 Å². The van der Waals surface area contributed by atoms with Gasteiger partial charge in [0.15, 0.2) is 0 Å². The van der Waals surface area contributed by atoms with Crippen LogP contribution in [-0.2, 0) is 23.7 Å². The van der Waals surface area contributed by atoms with Gasteiger partial charge in [-0.2, -0.15) is 12.7 Å². The molecular weight excluding hydrogens is 345 g/mol. The molecule has 8 heteroatoms. The Morgan fingerprint density at radius 3 is 2.44 bits per heavy atom. The summed E-state index contributed by atoms with van der Waals surface area (Å²) in [5, 5.41) is 0. The largest absolute Gasteiger partial charge is 0.316 e. The normalized spacial score (nSPS) is 11.8. The molecule has 0 aliphatic heterocycles. The van der Waals surface area contributed by atoms with E-state index in [1.807, 2.05) is 0 Å². The standard InChI is InChI=1S/C17H22FN3O3S/c1-11-6-7-13(15(18)8-11)9-14-12(2)17(22)21(5)10-16(14)19-25(23,24)20(3)4/h6-8,10,19H,9H2,1-5H3. The van der Waals surface area contributed by atoms with Gasteiger partial charge in [-0.05, 0) is 36.6 Å². The maximum Gasteiger partial charge on any atom is 0.301 e. The highest BCUT2D eigenvalue weighted by Crippen LogP contribution is 2.24. The average Bonchev–Trinajstić information content (AvgIpc) is 2.50. The van der Waals surface area contributed by atoms with Crippen molar-refractivity contribution in [1.82, 2.24) is 8.87 Å². The minimum absolute atomic E-state index is 0.110. The Kier molecular flexibility index (Phi) is 5.34. The van der Waals surface area contributed by atoms with Crippen LogP contribution in [0.4, 0.5) is 10.1 Å². The van der Waals surface area contributed by atoms with Gasteiger partial charge in [0, 0.05) is 39.3 Å². The number of aromatic nitrogens is 1. The summed E-state index contributed by atoms with van der Waals surface area (Å²) in [5.41, 5.74) is 2.02. The third-order valence-corrected chi connectivity index (χ3v) is 5.48. The second kappa shape index (κ2) is 6.97. The lowest BCUT2D eigenvalue weighted by Gasteiger charge is -2.19. The van der Waals surface area contributed by atoms with Crippen LogP contribution in [0.5, 0.6) is 0 Å². The molecule has 0 saturated carbocycles. The molecule has 0 unspecified atom stereocenters. The van der Waals surface area contributed by atoms with E-state index in [2.05, 4.69) is 4.72 Å². The number of nitrogens with one attached hydrogen (secondary N) is 1. The second-order valence-corrected chi connectivity index (χ2v) is 8.11. The summed E-state index contributed by atoms with van der Waals surface area (Å²) in [6.45, 7) is 3.39. The summed E-state index contributed by atoms with van der Waals surface area (Å²) in [6, 6.07) is 4.83. The maximum absolute atomic E-state index is 14.2. The van der Waals surface area contributed by atoms with Crippen LogP contribution >= 0.6 is 0 Å². The number of benzene rings is 1. The van der Waals surface area contributed by atoms with E-state index in [1.54, 1.807) is 33.0 Å². The van der Waals surface area contributed by atoms with Crippen molar-refractivity contribution in [2.75, 3.05) is 18.8 Å². The Morgan fingerprint density at radius 2 is 1.88 bits per heavy atom. The molecular formula is C17H22FN3O3S. The molecule has 0 radical (unpaired) electrons. The van der Waals surface area contributed by atoms with Crippen LogP contribution < -0.4 is 10.3 Å². The van der Waals surface area contributed by atoms with Gasteiger partial charge in [0.2, 0.25) is 0 Å². The second-order valence-electron chi connectivity index (χ2n) is 6.22. The van der Waals surface area contributed by atoms with E-state index >= 15 is 0 Å². The van der Waals surface area contributed by atoms with Crippen molar-refractivity contribution >= 4 is 15.9 Å². The molecule has 25 heavy (non-hydrogen) atoms. The zero-order chi connectivity index (χ0) is 18.9. The molecule has 0 atom stereocenters. The molecule has 1 aromatic heterocycles. The Labute approximate surface area is 147 Å². The Morgan fingerprint density at radius 1 is 1.24 bits per heavy atom. The van der Waals surface area contributed by atoms with E-state index in [-0.39, 0.29) is 23.5 Å². The minimum Gasteiger partial charge on any atom is -0.316 e. The Balaban J connectivity index is 2.59. The number of anilines is 1. The molecule has 6 nitrogen and oxygen atoms in total. The highest BCUT2D eigenvalue weighted by atomic mass is 32.2. The summed E-state index contributed by atoms with van der Waals surface area (Å²) < 4.78 is 43.4. The molecule has 2 aromatic rings. The van der Waals surface area contributed by atoms with Crippen molar-refractivity contribution in [3.63, 3.8) is 0 Å². The van der Waals surface area contributed by atoms with Crippen molar-refractivity contribution in [2.24, 2.45) is 7.05 Å². The van der Waals surface area contributed by atoms with Gasteiger partial charge in [0.05, 0.1) is 5.69 Å². The van der Waals surface area contributed by atoms with E-state index in [0.29, 0.717) is 16.7 Å². The highest BCUT2D eigenvalue weighted by molar-refractivity contribution is 7.90. The zero-order valence-electron chi connectivity index (χ0n) is 14.9. The van der Waals surface area contributed by atoms with Crippen LogP contribution in [0.15, 0.2) is 29.2 Å². The van der Waals surface area contributed by atoms with Gasteiger partial charge >= 0.3 is 10.2 Å². The SMILES string of the molecule is Cc1ccc(Cc2c(NS(=O)(=O)N(C)C)cn(C)c(=O)c2C)c(F)c1. The number of hydrogen-bond acceptors (Lipinski definition) is 3. The summed E-state index contributed by atoms with van der Waals surface area (Å²) in [7, 11) is 0.584. The van der Waals surface area contributed by atoms with Crippen molar-refractivity contribution in [1.29, 1.82) is 0 Å². The number of aryl methyl sites for hydroxylation is 2. The third kappa shape index (κ3) is 4.08. The fraction of sp³-hybridized carbons (Fsp3) is 0.353. The molecule has 0 bridgehead atoms. The highest BCUT2D eigenvalue weighted by Gasteiger charge is 2.19. The summed E-state index contributed by atoms with van der Waals surface area (Å²) in [5.74, 6) is -0.388. The van der Waals surface area contributed by atoms with Gasteiger partial charge < -0.3 is 4.57 Å². The van der Waals surface area contributed by atoms with E-state index in [0.717, 1.165) is 9.87 Å². The smallest absolute Gasteiger partial charge is 0.301 e. The predicted molar refractivity (Wildman–Crippen MR) is 96.6 cm³/mol. The first-order valence-corrected chi connectivity index (χ1v) is 9.11. The third-order valence-electron chi connectivity index (χ3n) is 4.04. The lowest BCUT2D eigenvalue weighted by molar-refractivity contribution is 0.526. The van der Waals surface area contributed by atoms with Gasteiger partial charge in [0.25, 0.3) is 5.56 Å². The lowest BCUT2D eigenvalue weighted by atomic mass is 9.99. The van der Waals surface area contributed by atoms with E-state index < -0.39 is 10.2 Å². The Hall–Kier alpha value is -2.19. The van der Waals surface area contributed by atoms with Crippen LogP contribution in [0, 0.1) is 19.7 Å². The molecule has 0 fully saturated rings. The van der Waals surface area contributed by atoms with Gasteiger partial charge in [-0.25, -0.2) is 4.39 Å². The van der Waals surface area contributed by atoms with Gasteiger partial charge in [0.1, 0.15) is 5.82 Å². The quantitative estimate of drug-likeness (QED) is 0.878. The van der Waals surface area contributed by atoms with Crippen molar-refractivity contribution in [3.8, 4) is 0 Å². The molecule has 0 spiro atoms. The molecule has 0 amide bonds. The van der Waals surface area contributed by atoms with E-state index in [9.17, 15) is 17.6 Å². The summed E-state index contributed by atoms with van der Waals surface area (Å²) in [6.07, 6.45) is 1.52. The van der Waals surface area contributed by atoms with Crippen molar-refractivity contribution < 1.29 is 12.8 Å². The number of halogens is 1. The molecule has 0 aliphatic rings. The molecule has 2 rings (SSSR count). The lowest BCUT2D eigenvalue weighted by Crippen LogP contribution is -2.31. The fourth-order valence-corrected chi connectivity index (χ4v) is 3.09. The van der Waals surface area contributed by atoms with Gasteiger partial charge in [-0.15, -0.1) is 0 Å². The summed E-state index contributed by atoms with van der Waals surface area (Å²) >= 11 is 0. The van der Waals surface area contributed by atoms with Crippen LogP contribution in [-0.4, -0.2) is 31.4 Å².